The molecule has 166 valence electrons. The van der Waals surface area contributed by atoms with Gasteiger partial charge < -0.3 is 9.47 Å². The van der Waals surface area contributed by atoms with Crippen LogP contribution in [0.4, 0.5) is 0 Å². The van der Waals surface area contributed by atoms with Crippen molar-refractivity contribution in [3.63, 3.8) is 0 Å². The number of halogens is 2. The van der Waals surface area contributed by atoms with Crippen molar-refractivity contribution < 1.29 is 4.79 Å². The fourth-order valence-corrected chi connectivity index (χ4v) is 5.00. The number of nitriles is 1. The quantitative estimate of drug-likeness (QED) is 0.355. The number of nitrogens with zero attached hydrogens (tertiary/aromatic N) is 3. The van der Waals surface area contributed by atoms with Crippen molar-refractivity contribution in [2.24, 2.45) is 0 Å². The van der Waals surface area contributed by atoms with Gasteiger partial charge in [0, 0.05) is 35.7 Å². The largest absolute Gasteiger partial charge is 0.340 e. The first-order valence-electron chi connectivity index (χ1n) is 10.1. The lowest BCUT2D eigenvalue weighted by molar-refractivity contribution is -0.132. The van der Waals surface area contributed by atoms with Crippen molar-refractivity contribution in [2.75, 3.05) is 7.05 Å². The Morgan fingerprint density at radius 1 is 1.28 bits per heavy atom. The predicted octanol–water partition coefficient (Wildman–Crippen LogP) is 5.80. The predicted molar refractivity (Wildman–Crippen MR) is 133 cm³/mol. The smallest absolute Gasteiger partial charge is 0.240 e. The van der Waals surface area contributed by atoms with Gasteiger partial charge in [-0.15, -0.1) is 0 Å². The third-order valence-corrected chi connectivity index (χ3v) is 7.12. The standard InChI is InChI=1S/C24H24BrClN4OS/c1-17-6-3-10-21(26)23(17)32-28-22(11-13-30-12-5-9-20(30)15-27)24(31)29(2)16-18-7-4-8-19(25)14-18/h3-10,12,14,22,28H,11,13,16H2,1-2H3. The van der Waals surface area contributed by atoms with Gasteiger partial charge in [-0.25, -0.2) is 4.72 Å². The van der Waals surface area contributed by atoms with E-state index >= 15 is 0 Å². The molecule has 0 aliphatic carbocycles. The summed E-state index contributed by atoms with van der Waals surface area (Å²) in [5, 5.41) is 9.93. The van der Waals surface area contributed by atoms with Crippen LogP contribution in [-0.2, 0) is 17.9 Å². The molecule has 0 spiro atoms. The van der Waals surface area contributed by atoms with Crippen molar-refractivity contribution >= 4 is 45.4 Å². The first kappa shape index (κ1) is 24.4. The molecule has 1 atom stereocenters. The topological polar surface area (TPSA) is 61.1 Å². The maximum absolute atomic E-state index is 13.4. The van der Waals surface area contributed by atoms with Gasteiger partial charge in [-0.3, -0.25) is 4.79 Å². The second kappa shape index (κ2) is 11.6. The lowest BCUT2D eigenvalue weighted by Gasteiger charge is -2.25. The summed E-state index contributed by atoms with van der Waals surface area (Å²) in [6.07, 6.45) is 2.39. The Morgan fingerprint density at radius 3 is 2.78 bits per heavy atom. The average Bonchev–Trinajstić information content (AvgIpc) is 3.22. The van der Waals surface area contributed by atoms with Crippen molar-refractivity contribution in [3.8, 4) is 6.07 Å². The maximum atomic E-state index is 13.4. The molecule has 1 heterocycles. The Morgan fingerprint density at radius 2 is 2.06 bits per heavy atom. The molecular weight excluding hydrogens is 508 g/mol. The summed E-state index contributed by atoms with van der Waals surface area (Å²) < 4.78 is 6.17. The van der Waals surface area contributed by atoms with Crippen LogP contribution in [0.25, 0.3) is 0 Å². The highest BCUT2D eigenvalue weighted by Gasteiger charge is 2.23. The Hall–Kier alpha value is -2.24. The maximum Gasteiger partial charge on any atom is 0.240 e. The third kappa shape index (κ3) is 6.39. The number of likely N-dealkylation sites (N-methyl/N-ethyl adjacent to an activating group) is 1. The second-order valence-electron chi connectivity index (χ2n) is 7.47. The zero-order valence-corrected chi connectivity index (χ0v) is 21.0. The minimum atomic E-state index is -0.457. The van der Waals surface area contributed by atoms with Gasteiger partial charge in [0.05, 0.1) is 11.1 Å². The first-order valence-corrected chi connectivity index (χ1v) is 12.1. The molecule has 3 rings (SSSR count). The van der Waals surface area contributed by atoms with Crippen LogP contribution in [-0.4, -0.2) is 28.5 Å². The highest BCUT2D eigenvalue weighted by molar-refractivity contribution is 9.10. The highest BCUT2D eigenvalue weighted by atomic mass is 79.9. The average molecular weight is 532 g/mol. The Bertz CT molecular complexity index is 1110. The van der Waals surface area contributed by atoms with Crippen LogP contribution in [0.5, 0.6) is 0 Å². The molecule has 1 N–H and O–H groups in total. The SMILES string of the molecule is Cc1cccc(Cl)c1SNC(CCn1cccc1C#N)C(=O)N(C)Cc1cccc(Br)c1. The van der Waals surface area contributed by atoms with Crippen molar-refractivity contribution in [3.05, 3.63) is 87.1 Å². The minimum absolute atomic E-state index is 0.0205. The van der Waals surface area contributed by atoms with Crippen LogP contribution in [0, 0.1) is 18.3 Å². The summed E-state index contributed by atoms with van der Waals surface area (Å²) in [4.78, 5) is 16.0. The summed E-state index contributed by atoms with van der Waals surface area (Å²) in [5.74, 6) is -0.0205. The van der Waals surface area contributed by atoms with Gasteiger partial charge in [-0.1, -0.05) is 51.8 Å². The Labute approximate surface area is 206 Å². The molecule has 8 heteroatoms. The summed E-state index contributed by atoms with van der Waals surface area (Å²) in [7, 11) is 1.81. The van der Waals surface area contributed by atoms with Crippen molar-refractivity contribution in [1.82, 2.24) is 14.2 Å². The number of amides is 1. The molecular formula is C24H24BrClN4OS. The van der Waals surface area contributed by atoms with E-state index in [0.717, 1.165) is 20.5 Å². The molecule has 1 unspecified atom stereocenters. The number of nitrogens with one attached hydrogen (secondary N) is 1. The summed E-state index contributed by atoms with van der Waals surface area (Å²) in [6.45, 7) is 3.04. The number of aryl methyl sites for hydroxylation is 2. The van der Waals surface area contributed by atoms with Crippen molar-refractivity contribution in [1.29, 1.82) is 5.26 Å². The van der Waals surface area contributed by atoms with Gasteiger partial charge in [0.2, 0.25) is 5.91 Å². The molecule has 1 amide bonds. The number of benzene rings is 2. The molecule has 0 saturated heterocycles. The van der Waals surface area contributed by atoms with Gasteiger partial charge in [-0.05, 0) is 66.8 Å². The molecule has 0 aliphatic heterocycles. The lowest BCUT2D eigenvalue weighted by Crippen LogP contribution is -2.43. The van der Waals surface area contributed by atoms with Crippen LogP contribution in [0.15, 0.2) is 70.2 Å². The van der Waals surface area contributed by atoms with Crippen LogP contribution < -0.4 is 4.72 Å². The molecule has 32 heavy (non-hydrogen) atoms. The molecule has 1 aromatic heterocycles. The van der Waals surface area contributed by atoms with E-state index in [4.69, 9.17) is 11.6 Å². The molecule has 0 bridgehead atoms. The Balaban J connectivity index is 1.75. The molecule has 0 saturated carbocycles. The van der Waals surface area contributed by atoms with Crippen molar-refractivity contribution in [2.45, 2.75) is 37.4 Å². The lowest BCUT2D eigenvalue weighted by atomic mass is 10.1. The summed E-state index contributed by atoms with van der Waals surface area (Å²) >= 11 is 11.2. The molecule has 2 aromatic carbocycles. The van der Waals surface area contributed by atoms with Crippen LogP contribution in [0.2, 0.25) is 5.02 Å². The monoisotopic (exact) mass is 530 g/mol. The van der Waals surface area contributed by atoms with Gasteiger partial charge in [0.1, 0.15) is 11.8 Å². The number of rotatable bonds is 9. The van der Waals surface area contributed by atoms with Gasteiger partial charge >= 0.3 is 0 Å². The fourth-order valence-electron chi connectivity index (χ4n) is 3.34. The third-order valence-electron chi connectivity index (χ3n) is 5.05. The molecule has 5 nitrogen and oxygen atoms in total. The number of aromatic nitrogens is 1. The second-order valence-corrected chi connectivity index (χ2v) is 9.64. The molecule has 3 aromatic rings. The summed E-state index contributed by atoms with van der Waals surface area (Å²) in [5.41, 5.74) is 2.66. The van der Waals surface area contributed by atoms with Crippen LogP contribution in [0.3, 0.4) is 0 Å². The van der Waals surface area contributed by atoms with E-state index in [1.165, 1.54) is 11.9 Å². The van der Waals surface area contributed by atoms with Gasteiger partial charge in [0.15, 0.2) is 0 Å². The van der Waals surface area contributed by atoms with Crippen LogP contribution >= 0.6 is 39.5 Å². The fraction of sp³-hybridized carbons (Fsp3) is 0.250. The van der Waals surface area contributed by atoms with E-state index in [1.54, 1.807) is 18.0 Å². The Kier molecular flexibility index (Phi) is 8.83. The number of hydrogen-bond acceptors (Lipinski definition) is 4. The van der Waals surface area contributed by atoms with E-state index in [9.17, 15) is 10.1 Å². The molecule has 0 aliphatic rings. The summed E-state index contributed by atoms with van der Waals surface area (Å²) in [6, 6.07) is 19.0. The van der Waals surface area contributed by atoms with E-state index < -0.39 is 6.04 Å². The molecule has 0 fully saturated rings. The zero-order chi connectivity index (χ0) is 23.1. The minimum Gasteiger partial charge on any atom is -0.340 e. The zero-order valence-electron chi connectivity index (χ0n) is 17.9. The highest BCUT2D eigenvalue weighted by Crippen LogP contribution is 2.29. The van der Waals surface area contributed by atoms with E-state index in [2.05, 4.69) is 26.7 Å². The van der Waals surface area contributed by atoms with E-state index in [-0.39, 0.29) is 5.91 Å². The number of carbonyl (C=O) groups is 1. The van der Waals surface area contributed by atoms with Gasteiger partial charge in [-0.2, -0.15) is 5.26 Å². The molecule has 0 radical (unpaired) electrons. The van der Waals surface area contributed by atoms with E-state index in [0.29, 0.717) is 30.2 Å². The number of carbonyl (C=O) groups excluding carboxylic acids is 1. The number of hydrogen-bond donors (Lipinski definition) is 1. The van der Waals surface area contributed by atoms with E-state index in [1.807, 2.05) is 66.2 Å². The van der Waals surface area contributed by atoms with Gasteiger partial charge in [0.25, 0.3) is 0 Å². The van der Waals surface area contributed by atoms with Crippen LogP contribution in [0.1, 0.15) is 23.2 Å². The first-order chi connectivity index (χ1) is 15.4. The normalized spacial score (nSPS) is 11.7.